The minimum atomic E-state index is -7.13. The lowest BCUT2D eigenvalue weighted by atomic mass is 9.99. The molecule has 162 valence electrons. The molecule has 27 heavy (non-hydrogen) atoms. The molecule has 0 aliphatic heterocycles. The zero-order valence-electron chi connectivity index (χ0n) is 14.2. The summed E-state index contributed by atoms with van der Waals surface area (Å²) in [5.41, 5.74) is 0. The predicted octanol–water partition coefficient (Wildman–Crippen LogP) is 3.91. The number of alkyl carbamates (subject to hydrolysis) is 1. The van der Waals surface area contributed by atoms with Crippen LogP contribution >= 0.6 is 0 Å². The van der Waals surface area contributed by atoms with Gasteiger partial charge in [-0.05, 0) is 6.92 Å². The molecule has 0 saturated carbocycles. The Morgan fingerprint density at radius 2 is 1.48 bits per heavy atom. The zero-order valence-corrected chi connectivity index (χ0v) is 15.3. The van der Waals surface area contributed by atoms with Crippen molar-refractivity contribution < 1.29 is 58.2 Å². The van der Waals surface area contributed by atoms with Gasteiger partial charge in [-0.3, -0.25) is 5.32 Å². The molecule has 4 nitrogen and oxygen atoms in total. The fourth-order valence-corrected chi connectivity index (χ4v) is 2.61. The Balaban J connectivity index is 5.26. The maximum atomic E-state index is 13.4. The SMILES string of the molecule is CCOC(NC(=O)OCC(F)(F)C(F)(F)C(F)(F)C(F)(F)C(F)F)[SiH](C)C. The molecule has 0 rings (SSSR count). The van der Waals surface area contributed by atoms with Crippen molar-refractivity contribution in [3.05, 3.63) is 0 Å². The number of amides is 1. The molecule has 0 fully saturated rings. The van der Waals surface area contributed by atoms with Crippen LogP contribution in [0.2, 0.25) is 13.1 Å². The van der Waals surface area contributed by atoms with Crippen molar-refractivity contribution in [3.63, 3.8) is 0 Å². The van der Waals surface area contributed by atoms with Crippen LogP contribution in [0.25, 0.3) is 0 Å². The predicted molar refractivity (Wildman–Crippen MR) is 74.6 cm³/mol. The minimum absolute atomic E-state index is 0.0687. The summed E-state index contributed by atoms with van der Waals surface area (Å²) in [5, 5.41) is 1.87. The maximum Gasteiger partial charge on any atom is 0.409 e. The summed E-state index contributed by atoms with van der Waals surface area (Å²) in [4.78, 5) is 11.3. The van der Waals surface area contributed by atoms with Crippen molar-refractivity contribution >= 4 is 14.9 Å². The molecule has 0 spiro atoms. The van der Waals surface area contributed by atoms with Crippen LogP contribution in [0.4, 0.5) is 48.7 Å². The van der Waals surface area contributed by atoms with E-state index < -0.39 is 57.5 Å². The average Bonchev–Trinajstić information content (AvgIpc) is 2.51. The molecule has 0 aromatic rings. The average molecular weight is 441 g/mol. The highest BCUT2D eigenvalue weighted by Gasteiger charge is 2.83. The van der Waals surface area contributed by atoms with Gasteiger partial charge in [-0.1, -0.05) is 13.1 Å². The van der Waals surface area contributed by atoms with Crippen LogP contribution in [-0.2, 0) is 9.47 Å². The van der Waals surface area contributed by atoms with E-state index in [2.05, 4.69) is 4.74 Å². The summed E-state index contributed by atoms with van der Waals surface area (Å²) in [7, 11) is -1.79. The summed E-state index contributed by atoms with van der Waals surface area (Å²) in [6, 6.07) is 0. The third kappa shape index (κ3) is 5.39. The van der Waals surface area contributed by atoms with Gasteiger partial charge in [0, 0.05) is 6.61 Å². The van der Waals surface area contributed by atoms with Crippen LogP contribution in [0, 0.1) is 0 Å². The molecule has 1 N–H and O–H groups in total. The molecule has 1 atom stereocenters. The standard InChI is InChI=1S/C12H17F10NO3Si/c1-4-25-8(27(2)3)23-7(24)26-5-9(15,16)11(19,20)12(21,22)10(17,18)6(13)14/h6,8,27H,4-5H2,1-3H3,(H,23,24). The molecule has 0 aromatic carbocycles. The lowest BCUT2D eigenvalue weighted by molar-refractivity contribution is -0.386. The first kappa shape index (κ1) is 25.7. The van der Waals surface area contributed by atoms with Crippen LogP contribution in [0.5, 0.6) is 0 Å². The number of hydrogen-bond donors (Lipinski definition) is 1. The smallest absolute Gasteiger partial charge is 0.409 e. The first-order valence-corrected chi connectivity index (χ1v) is 10.3. The topological polar surface area (TPSA) is 47.6 Å². The van der Waals surface area contributed by atoms with E-state index in [1.54, 1.807) is 13.1 Å². The van der Waals surface area contributed by atoms with Crippen molar-refractivity contribution in [2.75, 3.05) is 13.2 Å². The van der Waals surface area contributed by atoms with Gasteiger partial charge >= 0.3 is 36.2 Å². The fourth-order valence-electron chi connectivity index (χ4n) is 1.56. The van der Waals surface area contributed by atoms with Gasteiger partial charge in [0.25, 0.3) is 0 Å². The number of nitrogens with one attached hydrogen (secondary N) is 1. The summed E-state index contributed by atoms with van der Waals surface area (Å²) in [5.74, 6) is -27.9. The van der Waals surface area contributed by atoms with Crippen LogP contribution in [0.1, 0.15) is 6.92 Å². The first-order valence-electron chi connectivity index (χ1n) is 7.30. The Labute approximate surface area is 148 Å². The number of halogens is 10. The number of ether oxygens (including phenoxy) is 2. The normalized spacial score (nSPS) is 15.2. The zero-order chi connectivity index (χ0) is 21.8. The number of rotatable bonds is 10. The van der Waals surface area contributed by atoms with Crippen LogP contribution in [-0.4, -0.2) is 64.1 Å². The van der Waals surface area contributed by atoms with Gasteiger partial charge in [-0.2, -0.15) is 35.1 Å². The molecule has 0 radical (unpaired) electrons. The van der Waals surface area contributed by atoms with Crippen molar-refractivity contribution in [1.29, 1.82) is 0 Å². The summed E-state index contributed by atoms with van der Waals surface area (Å²) in [6.45, 7) is 2.09. The Morgan fingerprint density at radius 1 is 1.00 bits per heavy atom. The first-order chi connectivity index (χ1) is 12.0. The van der Waals surface area contributed by atoms with Gasteiger partial charge in [-0.25, -0.2) is 13.6 Å². The molecule has 0 aliphatic rings. The van der Waals surface area contributed by atoms with Crippen LogP contribution in [0.15, 0.2) is 0 Å². The Kier molecular flexibility index (Phi) is 8.42. The number of alkyl halides is 10. The minimum Gasteiger partial charge on any atom is -0.443 e. The van der Waals surface area contributed by atoms with E-state index in [0.29, 0.717) is 0 Å². The molecule has 1 amide bonds. The number of carbonyl (C=O) groups is 1. The van der Waals surface area contributed by atoms with Crippen molar-refractivity contribution in [3.8, 4) is 0 Å². The third-order valence-corrected chi connectivity index (χ3v) is 4.71. The fraction of sp³-hybridized carbons (Fsp3) is 0.917. The van der Waals surface area contributed by atoms with Gasteiger partial charge in [0.2, 0.25) is 0 Å². The molecule has 0 aromatic heterocycles. The van der Waals surface area contributed by atoms with Crippen molar-refractivity contribution in [2.45, 2.75) is 56.0 Å². The number of hydrogen-bond acceptors (Lipinski definition) is 3. The van der Waals surface area contributed by atoms with E-state index >= 15 is 0 Å². The van der Waals surface area contributed by atoms with E-state index in [-0.39, 0.29) is 6.61 Å². The summed E-state index contributed by atoms with van der Waals surface area (Å²) < 4.78 is 137. The molecule has 15 heteroatoms. The van der Waals surface area contributed by atoms with Crippen LogP contribution in [0.3, 0.4) is 0 Å². The Hall–Kier alpha value is -1.25. The third-order valence-electron chi connectivity index (χ3n) is 3.14. The molecular formula is C12H17F10NO3Si. The second-order valence-corrected chi connectivity index (χ2v) is 8.71. The highest BCUT2D eigenvalue weighted by atomic mass is 28.3. The molecule has 0 aliphatic carbocycles. The van der Waals surface area contributed by atoms with E-state index in [0.717, 1.165) is 0 Å². The van der Waals surface area contributed by atoms with E-state index in [1.165, 1.54) is 6.92 Å². The Morgan fingerprint density at radius 3 is 1.85 bits per heavy atom. The van der Waals surface area contributed by atoms with Gasteiger partial charge in [0.05, 0.1) is 8.80 Å². The lowest BCUT2D eigenvalue weighted by Crippen LogP contribution is -2.65. The highest BCUT2D eigenvalue weighted by Crippen LogP contribution is 2.54. The Bertz CT molecular complexity index is 504. The summed E-state index contributed by atoms with van der Waals surface area (Å²) in [6.07, 6.45) is -7.12. The molecule has 1 unspecified atom stereocenters. The van der Waals surface area contributed by atoms with Gasteiger partial charge in [0.1, 0.15) is 5.85 Å². The second kappa shape index (κ2) is 8.83. The molecule has 0 bridgehead atoms. The number of carbonyl (C=O) groups excluding carboxylic acids is 1. The van der Waals surface area contributed by atoms with Crippen molar-refractivity contribution in [2.24, 2.45) is 0 Å². The highest BCUT2D eigenvalue weighted by molar-refractivity contribution is 6.57. The largest absolute Gasteiger partial charge is 0.443 e. The van der Waals surface area contributed by atoms with Gasteiger partial charge in [-0.15, -0.1) is 0 Å². The van der Waals surface area contributed by atoms with Gasteiger partial charge < -0.3 is 9.47 Å². The maximum absolute atomic E-state index is 13.4. The van der Waals surface area contributed by atoms with E-state index in [1.807, 2.05) is 5.32 Å². The summed E-state index contributed by atoms with van der Waals surface area (Å²) >= 11 is 0. The molecule has 0 heterocycles. The van der Waals surface area contributed by atoms with Gasteiger partial charge in [0.15, 0.2) is 6.61 Å². The van der Waals surface area contributed by atoms with Crippen LogP contribution < -0.4 is 5.32 Å². The van der Waals surface area contributed by atoms with E-state index in [9.17, 15) is 48.7 Å². The molecular weight excluding hydrogens is 424 g/mol. The van der Waals surface area contributed by atoms with E-state index in [4.69, 9.17) is 4.74 Å². The second-order valence-electron chi connectivity index (χ2n) is 5.62. The quantitative estimate of drug-likeness (QED) is 0.318. The van der Waals surface area contributed by atoms with Crippen molar-refractivity contribution in [1.82, 2.24) is 5.32 Å². The lowest BCUT2D eigenvalue weighted by Gasteiger charge is -2.36. The molecule has 0 saturated heterocycles. The monoisotopic (exact) mass is 441 g/mol.